The van der Waals surface area contributed by atoms with Gasteiger partial charge in [-0.1, -0.05) is 43.9 Å². The standard InChI is InChI=1S/C19H23N3O2S/c1-4-13-15(14-7-5-6-8-16(14)24-3)11-25-17(13)10-9-12(2)18(23)22-19(20)21/h5-11,13,17H,2,4H2,1,3H3,(H4,20,21,22,23)/b10-9-. The second-order valence-corrected chi connectivity index (χ2v) is 6.67. The molecule has 0 bridgehead atoms. The summed E-state index contributed by atoms with van der Waals surface area (Å²) in [6.07, 6.45) is 4.65. The van der Waals surface area contributed by atoms with Gasteiger partial charge < -0.3 is 16.2 Å². The number of guanidine groups is 1. The highest BCUT2D eigenvalue weighted by molar-refractivity contribution is 8.03. The minimum atomic E-state index is -0.523. The third-order valence-corrected chi connectivity index (χ3v) is 5.19. The minimum absolute atomic E-state index is 0.216. The Morgan fingerprint density at radius 1 is 1.40 bits per heavy atom. The molecule has 2 atom stereocenters. The van der Waals surface area contributed by atoms with Crippen molar-refractivity contribution in [1.29, 1.82) is 0 Å². The number of hydrogen-bond donors (Lipinski definition) is 2. The lowest BCUT2D eigenvalue weighted by molar-refractivity contribution is -0.114. The van der Waals surface area contributed by atoms with Crippen LogP contribution in [0.25, 0.3) is 5.57 Å². The molecule has 132 valence electrons. The van der Waals surface area contributed by atoms with Crippen LogP contribution in [0, 0.1) is 5.92 Å². The fourth-order valence-electron chi connectivity index (χ4n) is 2.76. The van der Waals surface area contributed by atoms with Gasteiger partial charge in [-0.3, -0.25) is 4.79 Å². The molecule has 0 saturated carbocycles. The molecule has 5 nitrogen and oxygen atoms in total. The third-order valence-electron chi connectivity index (χ3n) is 4.00. The Morgan fingerprint density at radius 3 is 2.76 bits per heavy atom. The van der Waals surface area contributed by atoms with Gasteiger partial charge in [-0.25, -0.2) is 0 Å². The van der Waals surface area contributed by atoms with Crippen molar-refractivity contribution >= 4 is 29.2 Å². The van der Waals surface area contributed by atoms with E-state index in [1.165, 1.54) is 5.57 Å². The molecule has 1 aromatic carbocycles. The number of amides is 1. The van der Waals surface area contributed by atoms with E-state index in [0.717, 1.165) is 17.7 Å². The minimum Gasteiger partial charge on any atom is -0.496 e. The third kappa shape index (κ3) is 4.54. The van der Waals surface area contributed by atoms with Crippen LogP contribution in [0.2, 0.25) is 0 Å². The number of thioether (sulfide) groups is 1. The van der Waals surface area contributed by atoms with Crippen LogP contribution in [0.1, 0.15) is 18.9 Å². The number of allylic oxidation sites excluding steroid dienone is 1. The molecule has 2 unspecified atom stereocenters. The summed E-state index contributed by atoms with van der Waals surface area (Å²) in [5.41, 5.74) is 13.1. The molecule has 1 aromatic rings. The smallest absolute Gasteiger partial charge is 0.279 e. The number of ether oxygens (including phenoxy) is 1. The predicted octanol–water partition coefficient (Wildman–Crippen LogP) is 3.09. The first-order chi connectivity index (χ1) is 12.0. The van der Waals surface area contributed by atoms with Crippen LogP contribution in [0.4, 0.5) is 0 Å². The van der Waals surface area contributed by atoms with Gasteiger partial charge in [-0.2, -0.15) is 4.99 Å². The van der Waals surface area contributed by atoms with Crippen molar-refractivity contribution in [2.24, 2.45) is 22.4 Å². The Morgan fingerprint density at radius 2 is 2.12 bits per heavy atom. The van der Waals surface area contributed by atoms with Crippen molar-refractivity contribution in [3.8, 4) is 5.75 Å². The normalized spacial score (nSPS) is 19.5. The summed E-state index contributed by atoms with van der Waals surface area (Å²) in [7, 11) is 1.68. The zero-order valence-corrected chi connectivity index (χ0v) is 15.3. The number of nitrogens with zero attached hydrogens (tertiary/aromatic N) is 1. The van der Waals surface area contributed by atoms with E-state index in [1.807, 2.05) is 24.3 Å². The summed E-state index contributed by atoms with van der Waals surface area (Å²) >= 11 is 1.72. The van der Waals surface area contributed by atoms with Gasteiger partial charge in [-0.05, 0) is 23.5 Å². The first-order valence-corrected chi connectivity index (χ1v) is 8.92. The lowest BCUT2D eigenvalue weighted by Gasteiger charge is -2.19. The second kappa shape index (κ2) is 8.58. The van der Waals surface area contributed by atoms with Crippen LogP contribution in [-0.4, -0.2) is 24.2 Å². The van der Waals surface area contributed by atoms with E-state index in [2.05, 4.69) is 30.0 Å². The summed E-state index contributed by atoms with van der Waals surface area (Å²) in [5, 5.41) is 2.38. The molecule has 0 saturated heterocycles. The number of carbonyl (C=O) groups excluding carboxylic acids is 1. The highest BCUT2D eigenvalue weighted by Crippen LogP contribution is 2.45. The number of carbonyl (C=O) groups is 1. The molecule has 6 heteroatoms. The van der Waals surface area contributed by atoms with Gasteiger partial charge in [0.05, 0.1) is 7.11 Å². The monoisotopic (exact) mass is 357 g/mol. The molecule has 0 aromatic heterocycles. The number of rotatable bonds is 6. The predicted molar refractivity (Wildman–Crippen MR) is 105 cm³/mol. The van der Waals surface area contributed by atoms with Gasteiger partial charge in [-0.15, -0.1) is 11.8 Å². The fraction of sp³-hybridized carbons (Fsp3) is 0.263. The maximum absolute atomic E-state index is 11.7. The van der Waals surface area contributed by atoms with Crippen molar-refractivity contribution in [1.82, 2.24) is 0 Å². The van der Waals surface area contributed by atoms with Crippen LogP contribution >= 0.6 is 11.8 Å². The first kappa shape index (κ1) is 18.9. The number of para-hydroxylation sites is 1. The highest BCUT2D eigenvalue weighted by Gasteiger charge is 2.29. The molecule has 1 aliphatic heterocycles. The second-order valence-electron chi connectivity index (χ2n) is 5.62. The Labute approximate surface area is 152 Å². The Kier molecular flexibility index (Phi) is 6.47. The fourth-order valence-corrected chi connectivity index (χ4v) is 4.06. The first-order valence-electron chi connectivity index (χ1n) is 7.97. The molecule has 0 aliphatic carbocycles. The maximum Gasteiger partial charge on any atom is 0.279 e. The van der Waals surface area contributed by atoms with E-state index < -0.39 is 5.91 Å². The van der Waals surface area contributed by atoms with Crippen molar-refractivity contribution in [3.05, 3.63) is 59.5 Å². The quantitative estimate of drug-likeness (QED) is 0.353. The van der Waals surface area contributed by atoms with E-state index in [0.29, 0.717) is 5.92 Å². The van der Waals surface area contributed by atoms with Crippen molar-refractivity contribution in [2.45, 2.75) is 18.6 Å². The molecule has 0 spiro atoms. The van der Waals surface area contributed by atoms with Gasteiger partial charge in [0, 0.05) is 22.3 Å². The molecular formula is C19H23N3O2S. The average Bonchev–Trinajstić information content (AvgIpc) is 3.01. The summed E-state index contributed by atoms with van der Waals surface area (Å²) in [6, 6.07) is 8.01. The van der Waals surface area contributed by atoms with Crippen LogP contribution in [-0.2, 0) is 4.79 Å². The van der Waals surface area contributed by atoms with Crippen LogP contribution < -0.4 is 16.2 Å². The van der Waals surface area contributed by atoms with Crippen molar-refractivity contribution in [2.75, 3.05) is 7.11 Å². The van der Waals surface area contributed by atoms with Gasteiger partial charge in [0.2, 0.25) is 0 Å². The molecule has 1 aliphatic rings. The SMILES string of the molecule is C=C(/C=C\C1SC=C(c2ccccc2OC)C1CC)C(=O)N=C(N)N. The Hall–Kier alpha value is -2.47. The summed E-state index contributed by atoms with van der Waals surface area (Å²) in [5.74, 6) is 0.403. The van der Waals surface area contributed by atoms with Crippen LogP contribution in [0.5, 0.6) is 5.75 Å². The van der Waals surface area contributed by atoms with Gasteiger partial charge in [0.1, 0.15) is 5.75 Å². The molecular weight excluding hydrogens is 334 g/mol. The van der Waals surface area contributed by atoms with Gasteiger partial charge in [0.25, 0.3) is 5.91 Å². The van der Waals surface area contributed by atoms with Crippen molar-refractivity contribution in [3.63, 3.8) is 0 Å². The lowest BCUT2D eigenvalue weighted by Crippen LogP contribution is -2.24. The van der Waals surface area contributed by atoms with Gasteiger partial charge >= 0.3 is 0 Å². The molecule has 0 fully saturated rings. The number of methoxy groups -OCH3 is 1. The molecule has 1 amide bonds. The number of hydrogen-bond acceptors (Lipinski definition) is 3. The molecule has 25 heavy (non-hydrogen) atoms. The zero-order valence-electron chi connectivity index (χ0n) is 14.4. The maximum atomic E-state index is 11.7. The number of aliphatic imine (C=N–C) groups is 1. The number of benzene rings is 1. The van der Waals surface area contributed by atoms with E-state index in [4.69, 9.17) is 16.2 Å². The molecule has 0 radical (unpaired) electrons. The largest absolute Gasteiger partial charge is 0.496 e. The summed E-state index contributed by atoms with van der Waals surface area (Å²) < 4.78 is 5.49. The summed E-state index contributed by atoms with van der Waals surface area (Å²) in [6.45, 7) is 5.88. The molecule has 1 heterocycles. The van der Waals surface area contributed by atoms with Crippen LogP contribution in [0.3, 0.4) is 0 Å². The van der Waals surface area contributed by atoms with E-state index in [-0.39, 0.29) is 16.8 Å². The number of nitrogens with two attached hydrogens (primary N) is 2. The Bertz CT molecular complexity index is 749. The van der Waals surface area contributed by atoms with E-state index >= 15 is 0 Å². The highest BCUT2D eigenvalue weighted by atomic mass is 32.2. The van der Waals surface area contributed by atoms with E-state index in [1.54, 1.807) is 24.9 Å². The van der Waals surface area contributed by atoms with Crippen LogP contribution in [0.15, 0.2) is 59.0 Å². The lowest BCUT2D eigenvalue weighted by atomic mass is 9.88. The topological polar surface area (TPSA) is 90.7 Å². The average molecular weight is 357 g/mol. The van der Waals surface area contributed by atoms with E-state index in [9.17, 15) is 4.79 Å². The molecule has 4 N–H and O–H groups in total. The Balaban J connectivity index is 2.16. The van der Waals surface area contributed by atoms with Crippen molar-refractivity contribution < 1.29 is 9.53 Å². The summed E-state index contributed by atoms with van der Waals surface area (Å²) in [4.78, 5) is 15.2. The molecule has 2 rings (SSSR count). The van der Waals surface area contributed by atoms with Gasteiger partial charge in [0.15, 0.2) is 5.96 Å². The zero-order chi connectivity index (χ0) is 18.4.